The molecule has 1 fully saturated rings. The summed E-state index contributed by atoms with van der Waals surface area (Å²) in [6.07, 6.45) is 2.11. The predicted molar refractivity (Wildman–Crippen MR) is 128 cm³/mol. The standard InChI is InChI=1S/C24H31N3O5S/c1-24(2)16-27(15-23(28)26-11-5-6-12-26)21-10-8-18(14-19(21)24)33(29,30)25-20-9-7-17(31-3)13-22(20)32-4/h7-10,13-14,25H,5-6,11-12,15-16H2,1-4H3. The minimum absolute atomic E-state index is 0.126. The molecule has 1 amide bonds. The number of rotatable bonds is 7. The molecule has 1 N–H and O–H groups in total. The van der Waals surface area contributed by atoms with Crippen LogP contribution in [0.5, 0.6) is 11.5 Å². The van der Waals surface area contributed by atoms with Crippen LogP contribution >= 0.6 is 0 Å². The Kier molecular flexibility index (Phi) is 6.18. The van der Waals surface area contributed by atoms with Crippen molar-refractivity contribution in [2.24, 2.45) is 0 Å². The first-order valence-corrected chi connectivity index (χ1v) is 12.5. The lowest BCUT2D eigenvalue weighted by Gasteiger charge is -2.24. The lowest BCUT2D eigenvalue weighted by molar-refractivity contribution is -0.128. The number of likely N-dealkylation sites (tertiary alicyclic amines) is 1. The maximum absolute atomic E-state index is 13.2. The van der Waals surface area contributed by atoms with Gasteiger partial charge < -0.3 is 19.3 Å². The van der Waals surface area contributed by atoms with Crippen LogP contribution in [0, 0.1) is 0 Å². The molecule has 4 rings (SSSR count). The van der Waals surface area contributed by atoms with Gasteiger partial charge in [-0.15, -0.1) is 0 Å². The number of nitrogens with one attached hydrogen (secondary N) is 1. The summed E-state index contributed by atoms with van der Waals surface area (Å²) in [5.41, 5.74) is 1.87. The van der Waals surface area contributed by atoms with E-state index in [1.54, 1.807) is 36.4 Å². The fourth-order valence-corrected chi connectivity index (χ4v) is 5.70. The fraction of sp³-hybridized carbons (Fsp3) is 0.458. The minimum Gasteiger partial charge on any atom is -0.497 e. The third-order valence-corrected chi connectivity index (χ3v) is 7.74. The Bertz CT molecular complexity index is 1160. The van der Waals surface area contributed by atoms with E-state index in [0.29, 0.717) is 30.3 Å². The highest BCUT2D eigenvalue weighted by atomic mass is 32.2. The van der Waals surface area contributed by atoms with Gasteiger partial charge in [-0.05, 0) is 48.7 Å². The summed E-state index contributed by atoms with van der Waals surface area (Å²) in [4.78, 5) is 16.9. The molecule has 0 aliphatic carbocycles. The second-order valence-corrected chi connectivity index (χ2v) is 10.9. The molecule has 0 saturated carbocycles. The van der Waals surface area contributed by atoms with Gasteiger partial charge in [0.15, 0.2) is 0 Å². The number of sulfonamides is 1. The number of carbonyl (C=O) groups is 1. The molecule has 2 aromatic rings. The lowest BCUT2D eigenvalue weighted by atomic mass is 9.87. The predicted octanol–water partition coefficient (Wildman–Crippen LogP) is 3.22. The third-order valence-electron chi connectivity index (χ3n) is 6.37. The van der Waals surface area contributed by atoms with Crippen molar-refractivity contribution in [3.63, 3.8) is 0 Å². The first-order valence-electron chi connectivity index (χ1n) is 11.1. The number of anilines is 2. The van der Waals surface area contributed by atoms with Crippen LogP contribution in [0.3, 0.4) is 0 Å². The SMILES string of the molecule is COc1ccc(NS(=O)(=O)c2ccc3c(c2)C(C)(C)CN3CC(=O)N2CCCC2)c(OC)c1. The summed E-state index contributed by atoms with van der Waals surface area (Å²) < 4.78 is 39.5. The van der Waals surface area contributed by atoms with Gasteiger partial charge in [0, 0.05) is 36.8 Å². The van der Waals surface area contributed by atoms with Gasteiger partial charge in [0.05, 0.1) is 31.3 Å². The van der Waals surface area contributed by atoms with Crippen LogP contribution in [0.15, 0.2) is 41.3 Å². The number of benzene rings is 2. The largest absolute Gasteiger partial charge is 0.497 e. The molecule has 2 aliphatic rings. The molecule has 1 saturated heterocycles. The summed E-state index contributed by atoms with van der Waals surface area (Å²) >= 11 is 0. The van der Waals surface area contributed by atoms with E-state index in [-0.39, 0.29) is 16.2 Å². The Morgan fingerprint density at radius 3 is 2.45 bits per heavy atom. The Labute approximate surface area is 195 Å². The number of hydrogen-bond donors (Lipinski definition) is 1. The van der Waals surface area contributed by atoms with E-state index < -0.39 is 10.0 Å². The monoisotopic (exact) mass is 473 g/mol. The number of hydrogen-bond acceptors (Lipinski definition) is 6. The van der Waals surface area contributed by atoms with Crippen molar-refractivity contribution in [1.82, 2.24) is 4.90 Å². The van der Waals surface area contributed by atoms with Crippen molar-refractivity contribution in [2.75, 3.05) is 50.0 Å². The zero-order valence-corrected chi connectivity index (χ0v) is 20.4. The summed E-state index contributed by atoms with van der Waals surface area (Å²) in [6, 6.07) is 10.0. The molecule has 2 aromatic carbocycles. The first kappa shape index (κ1) is 23.2. The Morgan fingerprint density at radius 2 is 1.79 bits per heavy atom. The van der Waals surface area contributed by atoms with Crippen LogP contribution in [0.1, 0.15) is 32.3 Å². The Hall–Kier alpha value is -2.94. The van der Waals surface area contributed by atoms with E-state index in [9.17, 15) is 13.2 Å². The molecule has 0 spiro atoms. The van der Waals surface area contributed by atoms with Gasteiger partial charge in [-0.25, -0.2) is 8.42 Å². The second kappa shape index (κ2) is 8.78. The number of amides is 1. The van der Waals surface area contributed by atoms with Gasteiger partial charge >= 0.3 is 0 Å². The Morgan fingerprint density at radius 1 is 1.06 bits per heavy atom. The molecule has 0 bridgehead atoms. The molecule has 0 unspecified atom stereocenters. The number of carbonyl (C=O) groups excluding carboxylic acids is 1. The first-order chi connectivity index (χ1) is 15.6. The zero-order chi connectivity index (χ0) is 23.8. The van der Waals surface area contributed by atoms with Crippen molar-refractivity contribution in [1.29, 1.82) is 0 Å². The van der Waals surface area contributed by atoms with Crippen molar-refractivity contribution in [3.8, 4) is 11.5 Å². The number of nitrogens with zero attached hydrogens (tertiary/aromatic N) is 2. The Balaban J connectivity index is 1.60. The summed E-state index contributed by atoms with van der Waals surface area (Å²) in [6.45, 7) is 6.75. The quantitative estimate of drug-likeness (QED) is 0.664. The molecular weight excluding hydrogens is 442 g/mol. The van der Waals surface area contributed by atoms with Crippen molar-refractivity contribution < 1.29 is 22.7 Å². The van der Waals surface area contributed by atoms with Crippen LogP contribution < -0.4 is 19.1 Å². The van der Waals surface area contributed by atoms with E-state index >= 15 is 0 Å². The van der Waals surface area contributed by atoms with Gasteiger partial charge in [-0.2, -0.15) is 0 Å². The number of fused-ring (bicyclic) bond motifs is 1. The summed E-state index contributed by atoms with van der Waals surface area (Å²) in [7, 11) is -0.846. The molecule has 0 atom stereocenters. The van der Waals surface area contributed by atoms with Crippen LogP contribution in [0.4, 0.5) is 11.4 Å². The average molecular weight is 474 g/mol. The van der Waals surface area contributed by atoms with E-state index in [1.165, 1.54) is 14.2 Å². The van der Waals surface area contributed by atoms with Crippen molar-refractivity contribution in [2.45, 2.75) is 37.0 Å². The highest BCUT2D eigenvalue weighted by molar-refractivity contribution is 7.92. The van der Waals surface area contributed by atoms with E-state index in [4.69, 9.17) is 9.47 Å². The normalized spacial score (nSPS) is 17.1. The summed E-state index contributed by atoms with van der Waals surface area (Å²) in [5, 5.41) is 0. The summed E-state index contributed by atoms with van der Waals surface area (Å²) in [5.74, 6) is 1.06. The van der Waals surface area contributed by atoms with Crippen molar-refractivity contribution >= 4 is 27.3 Å². The van der Waals surface area contributed by atoms with E-state index in [2.05, 4.69) is 23.5 Å². The molecule has 2 heterocycles. The van der Waals surface area contributed by atoms with E-state index in [0.717, 1.165) is 37.2 Å². The van der Waals surface area contributed by atoms with Gasteiger partial charge in [0.2, 0.25) is 5.91 Å². The highest BCUT2D eigenvalue weighted by Crippen LogP contribution is 2.42. The van der Waals surface area contributed by atoms with E-state index in [1.807, 2.05) is 4.90 Å². The molecule has 8 nitrogen and oxygen atoms in total. The van der Waals surface area contributed by atoms with Gasteiger partial charge in [0.25, 0.3) is 10.0 Å². The number of ether oxygens (including phenoxy) is 2. The molecule has 2 aliphatic heterocycles. The van der Waals surface area contributed by atoms with Crippen LogP contribution in [-0.4, -0.2) is 59.6 Å². The zero-order valence-electron chi connectivity index (χ0n) is 19.6. The molecule has 178 valence electrons. The number of methoxy groups -OCH3 is 2. The average Bonchev–Trinajstić information content (AvgIpc) is 3.40. The lowest BCUT2D eigenvalue weighted by Crippen LogP contribution is -2.40. The van der Waals surface area contributed by atoms with Gasteiger partial charge in [-0.3, -0.25) is 9.52 Å². The smallest absolute Gasteiger partial charge is 0.262 e. The topological polar surface area (TPSA) is 88.2 Å². The molecule has 9 heteroatoms. The van der Waals surface area contributed by atoms with Crippen LogP contribution in [0.25, 0.3) is 0 Å². The van der Waals surface area contributed by atoms with Crippen LogP contribution in [0.2, 0.25) is 0 Å². The maximum Gasteiger partial charge on any atom is 0.262 e. The van der Waals surface area contributed by atoms with Gasteiger partial charge in [-0.1, -0.05) is 13.8 Å². The minimum atomic E-state index is -3.86. The second-order valence-electron chi connectivity index (χ2n) is 9.18. The van der Waals surface area contributed by atoms with Crippen LogP contribution in [-0.2, 0) is 20.2 Å². The molecular formula is C24H31N3O5S. The molecule has 0 radical (unpaired) electrons. The maximum atomic E-state index is 13.2. The highest BCUT2D eigenvalue weighted by Gasteiger charge is 2.37. The molecule has 33 heavy (non-hydrogen) atoms. The fourth-order valence-electron chi connectivity index (χ4n) is 4.61. The van der Waals surface area contributed by atoms with Crippen molar-refractivity contribution in [3.05, 3.63) is 42.0 Å². The molecule has 0 aromatic heterocycles. The third kappa shape index (κ3) is 4.59. The van der Waals surface area contributed by atoms with Gasteiger partial charge in [0.1, 0.15) is 11.5 Å².